The van der Waals surface area contributed by atoms with Crippen molar-refractivity contribution in [2.45, 2.75) is 19.8 Å². The molecule has 0 saturated heterocycles. The fourth-order valence-electron chi connectivity index (χ4n) is 2.77. The van der Waals surface area contributed by atoms with Gasteiger partial charge in [0.2, 0.25) is 0 Å². The van der Waals surface area contributed by atoms with Crippen LogP contribution >= 0.6 is 0 Å². The van der Waals surface area contributed by atoms with E-state index in [1.54, 1.807) is 24.3 Å². The third-order valence-corrected chi connectivity index (χ3v) is 4.32. The number of aryl methyl sites for hydroxylation is 1. The number of benzene rings is 2. The number of nitrogens with one attached hydrogen (secondary N) is 1. The van der Waals surface area contributed by atoms with Crippen molar-refractivity contribution in [3.63, 3.8) is 0 Å². The van der Waals surface area contributed by atoms with Gasteiger partial charge in [0.15, 0.2) is 0 Å². The summed E-state index contributed by atoms with van der Waals surface area (Å²) < 4.78 is 1.85. The van der Waals surface area contributed by atoms with Gasteiger partial charge >= 0.3 is 0 Å². The molecule has 0 radical (unpaired) electrons. The number of carbonyl (C=O) groups is 1. The topological polar surface area (TPSA) is 60.1 Å². The van der Waals surface area contributed by atoms with Crippen LogP contribution in [0.4, 0.5) is 11.4 Å². The molecule has 0 atom stereocenters. The van der Waals surface area contributed by atoms with Crippen molar-refractivity contribution >= 4 is 17.3 Å². The predicted octanol–water partition coefficient (Wildman–Crippen LogP) is 4.65. The summed E-state index contributed by atoms with van der Waals surface area (Å²) in [4.78, 5) is 12.5. The molecule has 3 aromatic rings. The van der Waals surface area contributed by atoms with Crippen LogP contribution in [-0.2, 0) is 7.05 Å². The number of carbonyl (C=O) groups excluding carboxylic acids is 1. The van der Waals surface area contributed by atoms with Crippen molar-refractivity contribution in [3.8, 4) is 11.1 Å². The van der Waals surface area contributed by atoms with E-state index < -0.39 is 0 Å². The first-order valence-corrected chi connectivity index (χ1v) is 8.37. The number of nitrogens with two attached hydrogens (primary N) is 1. The van der Waals surface area contributed by atoms with Gasteiger partial charge in [0.05, 0.1) is 0 Å². The lowest BCUT2D eigenvalue weighted by Crippen LogP contribution is -2.15. The van der Waals surface area contributed by atoms with Crippen molar-refractivity contribution in [1.82, 2.24) is 4.57 Å². The van der Waals surface area contributed by atoms with Crippen LogP contribution < -0.4 is 11.1 Å². The standard InChI is InChI=1S/C21H23N3O/c1-14(2)15-4-6-16(7-5-15)17-12-20(24(3)13-17)21(25)23-19-10-8-18(22)9-11-19/h4-14H,22H2,1-3H3,(H,23,25). The van der Waals surface area contributed by atoms with Crippen LogP contribution in [0.2, 0.25) is 0 Å². The van der Waals surface area contributed by atoms with E-state index in [4.69, 9.17) is 5.73 Å². The van der Waals surface area contributed by atoms with E-state index in [1.807, 2.05) is 23.9 Å². The van der Waals surface area contributed by atoms with Gasteiger partial charge in [-0.15, -0.1) is 0 Å². The molecule has 0 aliphatic rings. The lowest BCUT2D eigenvalue weighted by molar-refractivity contribution is 0.101. The molecule has 1 aromatic heterocycles. The van der Waals surface area contributed by atoms with E-state index in [0.29, 0.717) is 17.3 Å². The van der Waals surface area contributed by atoms with Gasteiger partial charge in [0.1, 0.15) is 5.69 Å². The Balaban J connectivity index is 1.81. The zero-order valence-corrected chi connectivity index (χ0v) is 14.8. The van der Waals surface area contributed by atoms with E-state index in [-0.39, 0.29) is 5.91 Å². The summed E-state index contributed by atoms with van der Waals surface area (Å²) in [6.45, 7) is 4.36. The minimum atomic E-state index is -0.141. The molecule has 128 valence electrons. The van der Waals surface area contributed by atoms with Crippen molar-refractivity contribution in [2.24, 2.45) is 7.05 Å². The third kappa shape index (κ3) is 3.74. The average molecular weight is 333 g/mol. The predicted molar refractivity (Wildman–Crippen MR) is 104 cm³/mol. The van der Waals surface area contributed by atoms with E-state index in [2.05, 4.69) is 43.4 Å². The molecule has 3 rings (SSSR count). The van der Waals surface area contributed by atoms with Crippen LogP contribution in [-0.4, -0.2) is 10.5 Å². The average Bonchev–Trinajstić information content (AvgIpc) is 2.99. The van der Waals surface area contributed by atoms with Crippen molar-refractivity contribution in [1.29, 1.82) is 0 Å². The summed E-state index contributed by atoms with van der Waals surface area (Å²) in [6.07, 6.45) is 1.97. The molecule has 25 heavy (non-hydrogen) atoms. The number of hydrogen-bond donors (Lipinski definition) is 2. The summed E-state index contributed by atoms with van der Waals surface area (Å²) in [5, 5.41) is 2.90. The van der Waals surface area contributed by atoms with Crippen LogP contribution in [0.25, 0.3) is 11.1 Å². The molecule has 0 fully saturated rings. The SMILES string of the molecule is CC(C)c1ccc(-c2cc(C(=O)Nc3ccc(N)cc3)n(C)c2)cc1. The third-order valence-electron chi connectivity index (χ3n) is 4.32. The van der Waals surface area contributed by atoms with E-state index in [9.17, 15) is 4.79 Å². The van der Waals surface area contributed by atoms with Crippen LogP contribution in [0.15, 0.2) is 60.8 Å². The summed E-state index contributed by atoms with van der Waals surface area (Å²) >= 11 is 0. The highest BCUT2D eigenvalue weighted by molar-refractivity contribution is 6.04. The molecule has 2 aromatic carbocycles. The monoisotopic (exact) mass is 333 g/mol. The van der Waals surface area contributed by atoms with E-state index >= 15 is 0 Å². The number of aromatic nitrogens is 1. The van der Waals surface area contributed by atoms with Gasteiger partial charge < -0.3 is 15.6 Å². The molecular weight excluding hydrogens is 310 g/mol. The second-order valence-corrected chi connectivity index (χ2v) is 6.58. The first-order valence-electron chi connectivity index (χ1n) is 8.37. The van der Waals surface area contributed by atoms with Gasteiger partial charge in [-0.25, -0.2) is 0 Å². The second kappa shape index (κ2) is 6.85. The molecule has 0 unspecified atom stereocenters. The largest absolute Gasteiger partial charge is 0.399 e. The van der Waals surface area contributed by atoms with E-state index in [0.717, 1.165) is 16.8 Å². The maximum absolute atomic E-state index is 12.5. The molecule has 0 bridgehead atoms. The summed E-state index contributed by atoms with van der Waals surface area (Å²) in [6, 6.07) is 17.5. The van der Waals surface area contributed by atoms with Gasteiger partial charge in [0.25, 0.3) is 5.91 Å². The van der Waals surface area contributed by atoms with Crippen LogP contribution in [0.1, 0.15) is 35.8 Å². The number of nitrogen functional groups attached to an aromatic ring is 1. The van der Waals surface area contributed by atoms with Crippen molar-refractivity contribution in [3.05, 3.63) is 72.1 Å². The number of amides is 1. The molecule has 0 spiro atoms. The Morgan fingerprint density at radius 2 is 1.64 bits per heavy atom. The number of anilines is 2. The smallest absolute Gasteiger partial charge is 0.272 e. The maximum Gasteiger partial charge on any atom is 0.272 e. The second-order valence-electron chi connectivity index (χ2n) is 6.58. The summed E-state index contributed by atoms with van der Waals surface area (Å²) in [5.41, 5.74) is 11.1. The number of nitrogens with zero attached hydrogens (tertiary/aromatic N) is 1. The Labute approximate surface area is 148 Å². The Morgan fingerprint density at radius 1 is 1.00 bits per heavy atom. The molecule has 4 heteroatoms. The molecule has 4 nitrogen and oxygen atoms in total. The van der Waals surface area contributed by atoms with Gasteiger partial charge in [-0.3, -0.25) is 4.79 Å². The highest BCUT2D eigenvalue weighted by atomic mass is 16.1. The highest BCUT2D eigenvalue weighted by Gasteiger charge is 2.13. The first kappa shape index (κ1) is 16.8. The summed E-state index contributed by atoms with van der Waals surface area (Å²) in [5.74, 6) is 0.364. The Morgan fingerprint density at radius 3 is 2.24 bits per heavy atom. The van der Waals surface area contributed by atoms with Gasteiger partial charge in [-0.1, -0.05) is 38.1 Å². The lowest BCUT2D eigenvalue weighted by atomic mass is 10.00. The maximum atomic E-state index is 12.5. The number of hydrogen-bond acceptors (Lipinski definition) is 2. The zero-order chi connectivity index (χ0) is 18.0. The van der Waals surface area contributed by atoms with Crippen LogP contribution in [0.3, 0.4) is 0 Å². The lowest BCUT2D eigenvalue weighted by Gasteiger charge is -2.06. The van der Waals surface area contributed by atoms with Gasteiger partial charge in [-0.05, 0) is 47.4 Å². The molecule has 1 heterocycles. The normalized spacial score (nSPS) is 10.9. The van der Waals surface area contributed by atoms with Gasteiger partial charge in [-0.2, -0.15) is 0 Å². The van der Waals surface area contributed by atoms with Crippen LogP contribution in [0.5, 0.6) is 0 Å². The molecule has 3 N–H and O–H groups in total. The van der Waals surface area contributed by atoms with Crippen LogP contribution in [0, 0.1) is 0 Å². The fourth-order valence-corrected chi connectivity index (χ4v) is 2.77. The van der Waals surface area contributed by atoms with Crippen molar-refractivity contribution < 1.29 is 4.79 Å². The molecule has 1 amide bonds. The Bertz CT molecular complexity index is 875. The van der Waals surface area contributed by atoms with Crippen molar-refractivity contribution in [2.75, 3.05) is 11.1 Å². The molecule has 0 aliphatic heterocycles. The Kier molecular flexibility index (Phi) is 4.61. The molecular formula is C21H23N3O. The molecule has 0 saturated carbocycles. The molecule has 0 aliphatic carbocycles. The fraction of sp³-hybridized carbons (Fsp3) is 0.190. The zero-order valence-electron chi connectivity index (χ0n) is 14.8. The number of rotatable bonds is 4. The van der Waals surface area contributed by atoms with Gasteiger partial charge in [0, 0.05) is 30.2 Å². The van der Waals surface area contributed by atoms with E-state index in [1.165, 1.54) is 5.56 Å². The Hall–Kier alpha value is -3.01. The first-order chi connectivity index (χ1) is 11.9. The highest BCUT2D eigenvalue weighted by Crippen LogP contribution is 2.25. The summed E-state index contributed by atoms with van der Waals surface area (Å²) in [7, 11) is 1.88. The quantitative estimate of drug-likeness (QED) is 0.683. The minimum Gasteiger partial charge on any atom is -0.399 e. The minimum absolute atomic E-state index is 0.141.